The molecular weight excluding hydrogens is 380 g/mol. The summed E-state index contributed by atoms with van der Waals surface area (Å²) < 4.78 is 33.2. The van der Waals surface area contributed by atoms with Gasteiger partial charge in [0.1, 0.15) is 17.4 Å². The standard InChI is InChI=1S/C18H16ClF2N3O3/c1-22-18(26)24-14-6-7-27-16-10(3-5-13(21)15(14)16)17(25)23-9-2-4-12(20)11(19)8-9/h2-5,8,14H,6-7H2,1H3,(H,23,25)(H2,22,24,26). The van der Waals surface area contributed by atoms with Crippen molar-refractivity contribution in [2.75, 3.05) is 19.0 Å². The smallest absolute Gasteiger partial charge is 0.315 e. The normalized spacial score (nSPS) is 15.3. The first-order valence-electron chi connectivity index (χ1n) is 8.10. The second-order valence-corrected chi connectivity index (χ2v) is 6.24. The summed E-state index contributed by atoms with van der Waals surface area (Å²) in [5, 5.41) is 7.47. The van der Waals surface area contributed by atoms with Gasteiger partial charge in [-0.15, -0.1) is 0 Å². The molecule has 142 valence electrons. The van der Waals surface area contributed by atoms with Crippen molar-refractivity contribution < 1.29 is 23.1 Å². The molecule has 0 fully saturated rings. The van der Waals surface area contributed by atoms with Crippen LogP contribution >= 0.6 is 11.6 Å². The summed E-state index contributed by atoms with van der Waals surface area (Å²) in [6.45, 7) is 0.202. The quantitative estimate of drug-likeness (QED) is 0.742. The highest BCUT2D eigenvalue weighted by Crippen LogP contribution is 2.37. The fourth-order valence-corrected chi connectivity index (χ4v) is 2.99. The molecule has 6 nitrogen and oxygen atoms in total. The lowest BCUT2D eigenvalue weighted by Gasteiger charge is -2.28. The number of carbonyl (C=O) groups is 2. The lowest BCUT2D eigenvalue weighted by molar-refractivity contribution is 0.102. The van der Waals surface area contributed by atoms with Crippen LogP contribution in [0.2, 0.25) is 5.02 Å². The van der Waals surface area contributed by atoms with Crippen LogP contribution in [-0.2, 0) is 0 Å². The van der Waals surface area contributed by atoms with Crippen molar-refractivity contribution in [3.63, 3.8) is 0 Å². The fourth-order valence-electron chi connectivity index (χ4n) is 2.80. The average Bonchev–Trinajstić information content (AvgIpc) is 2.65. The first kappa shape index (κ1) is 18.9. The number of benzene rings is 2. The summed E-state index contributed by atoms with van der Waals surface area (Å²) >= 11 is 5.71. The predicted octanol–water partition coefficient (Wildman–Crippen LogP) is 3.62. The Morgan fingerprint density at radius 1 is 1.19 bits per heavy atom. The molecule has 0 aliphatic carbocycles. The summed E-state index contributed by atoms with van der Waals surface area (Å²) in [6.07, 6.45) is 0.357. The summed E-state index contributed by atoms with van der Waals surface area (Å²) in [5.41, 5.74) is 0.477. The third-order valence-electron chi connectivity index (χ3n) is 4.10. The molecule has 0 bridgehead atoms. The Bertz CT molecular complexity index is 908. The zero-order valence-corrected chi connectivity index (χ0v) is 15.0. The van der Waals surface area contributed by atoms with Gasteiger partial charge in [0, 0.05) is 19.2 Å². The van der Waals surface area contributed by atoms with Gasteiger partial charge < -0.3 is 20.7 Å². The minimum absolute atomic E-state index is 0.0633. The van der Waals surface area contributed by atoms with Crippen molar-refractivity contribution in [3.8, 4) is 5.75 Å². The Kier molecular flexibility index (Phi) is 5.46. The molecule has 3 N–H and O–H groups in total. The van der Waals surface area contributed by atoms with Crippen molar-refractivity contribution in [3.05, 3.63) is 58.1 Å². The molecule has 27 heavy (non-hydrogen) atoms. The molecule has 1 aliphatic rings. The number of hydrogen-bond donors (Lipinski definition) is 3. The third-order valence-corrected chi connectivity index (χ3v) is 4.39. The number of carbonyl (C=O) groups excluding carboxylic acids is 2. The number of amides is 3. The number of hydrogen-bond acceptors (Lipinski definition) is 3. The molecular formula is C18H16ClF2N3O3. The topological polar surface area (TPSA) is 79.5 Å². The van der Waals surface area contributed by atoms with Crippen LogP contribution in [0.4, 0.5) is 19.3 Å². The number of fused-ring (bicyclic) bond motifs is 1. The molecule has 2 aromatic carbocycles. The van der Waals surface area contributed by atoms with Crippen LogP contribution in [0, 0.1) is 11.6 Å². The van der Waals surface area contributed by atoms with Gasteiger partial charge in [-0.1, -0.05) is 11.6 Å². The minimum Gasteiger partial charge on any atom is -0.492 e. The van der Waals surface area contributed by atoms with Crippen LogP contribution in [0.15, 0.2) is 30.3 Å². The Morgan fingerprint density at radius 2 is 1.93 bits per heavy atom. The Hall–Kier alpha value is -2.87. The first-order chi connectivity index (χ1) is 12.9. The SMILES string of the molecule is CNC(=O)NC1CCOc2c(C(=O)Nc3ccc(F)c(Cl)c3)ccc(F)c21. The van der Waals surface area contributed by atoms with Crippen LogP contribution in [0.3, 0.4) is 0 Å². The second-order valence-electron chi connectivity index (χ2n) is 5.83. The Labute approximate surface area is 158 Å². The maximum Gasteiger partial charge on any atom is 0.315 e. The van der Waals surface area contributed by atoms with Crippen molar-refractivity contribution in [2.24, 2.45) is 0 Å². The van der Waals surface area contributed by atoms with Crippen molar-refractivity contribution >= 4 is 29.2 Å². The number of ether oxygens (including phenoxy) is 1. The summed E-state index contributed by atoms with van der Waals surface area (Å²) in [4.78, 5) is 24.2. The summed E-state index contributed by atoms with van der Waals surface area (Å²) in [5.74, 6) is -1.71. The van der Waals surface area contributed by atoms with E-state index in [2.05, 4.69) is 16.0 Å². The second kappa shape index (κ2) is 7.79. The molecule has 3 amide bonds. The van der Waals surface area contributed by atoms with Gasteiger partial charge in [0.15, 0.2) is 0 Å². The maximum absolute atomic E-state index is 14.4. The first-order valence-corrected chi connectivity index (χ1v) is 8.48. The average molecular weight is 396 g/mol. The van der Waals surface area contributed by atoms with Crippen LogP contribution < -0.4 is 20.7 Å². The molecule has 1 aliphatic heterocycles. The molecule has 0 spiro atoms. The zero-order chi connectivity index (χ0) is 19.6. The molecule has 0 saturated heterocycles. The monoisotopic (exact) mass is 395 g/mol. The highest BCUT2D eigenvalue weighted by molar-refractivity contribution is 6.31. The lowest BCUT2D eigenvalue weighted by Crippen LogP contribution is -2.38. The predicted molar refractivity (Wildman–Crippen MR) is 96.2 cm³/mol. The van der Waals surface area contributed by atoms with E-state index in [0.29, 0.717) is 6.42 Å². The number of urea groups is 1. The molecule has 3 rings (SSSR count). The Morgan fingerprint density at radius 3 is 2.63 bits per heavy atom. The molecule has 1 heterocycles. The van der Waals surface area contributed by atoms with Gasteiger partial charge in [-0.3, -0.25) is 4.79 Å². The largest absolute Gasteiger partial charge is 0.492 e. The molecule has 1 atom stereocenters. The number of anilines is 1. The van der Waals surface area contributed by atoms with E-state index in [9.17, 15) is 18.4 Å². The molecule has 0 saturated carbocycles. The van der Waals surface area contributed by atoms with E-state index in [4.69, 9.17) is 16.3 Å². The van der Waals surface area contributed by atoms with E-state index in [-0.39, 0.29) is 34.2 Å². The molecule has 0 aromatic heterocycles. The molecule has 1 unspecified atom stereocenters. The lowest BCUT2D eigenvalue weighted by atomic mass is 9.96. The van der Waals surface area contributed by atoms with Crippen LogP contribution in [0.5, 0.6) is 5.75 Å². The molecule has 0 radical (unpaired) electrons. The molecule has 2 aromatic rings. The van der Waals surface area contributed by atoms with Gasteiger partial charge >= 0.3 is 6.03 Å². The summed E-state index contributed by atoms with van der Waals surface area (Å²) in [7, 11) is 1.45. The van der Waals surface area contributed by atoms with Crippen LogP contribution in [0.25, 0.3) is 0 Å². The van der Waals surface area contributed by atoms with Gasteiger partial charge in [0.25, 0.3) is 5.91 Å². The number of nitrogens with one attached hydrogen (secondary N) is 3. The highest BCUT2D eigenvalue weighted by atomic mass is 35.5. The third kappa shape index (κ3) is 3.95. The van der Waals surface area contributed by atoms with Gasteiger partial charge in [0.2, 0.25) is 0 Å². The minimum atomic E-state index is -0.637. The number of halogens is 3. The van der Waals surface area contributed by atoms with E-state index < -0.39 is 29.6 Å². The zero-order valence-electron chi connectivity index (χ0n) is 14.2. The van der Waals surface area contributed by atoms with Gasteiger partial charge in [-0.05, 0) is 30.3 Å². The Balaban J connectivity index is 1.92. The van der Waals surface area contributed by atoms with Crippen LogP contribution in [0.1, 0.15) is 28.4 Å². The van der Waals surface area contributed by atoms with E-state index in [0.717, 1.165) is 12.1 Å². The van der Waals surface area contributed by atoms with Crippen LogP contribution in [-0.4, -0.2) is 25.6 Å². The van der Waals surface area contributed by atoms with Gasteiger partial charge in [-0.25, -0.2) is 13.6 Å². The van der Waals surface area contributed by atoms with Gasteiger partial charge in [-0.2, -0.15) is 0 Å². The summed E-state index contributed by atoms with van der Waals surface area (Å²) in [6, 6.07) is 5.06. The highest BCUT2D eigenvalue weighted by Gasteiger charge is 2.30. The van der Waals surface area contributed by atoms with Crippen molar-refractivity contribution in [1.29, 1.82) is 0 Å². The van der Waals surface area contributed by atoms with E-state index in [1.54, 1.807) is 0 Å². The van der Waals surface area contributed by atoms with Crippen molar-refractivity contribution in [2.45, 2.75) is 12.5 Å². The van der Waals surface area contributed by atoms with E-state index >= 15 is 0 Å². The number of rotatable bonds is 3. The van der Waals surface area contributed by atoms with Crippen molar-refractivity contribution in [1.82, 2.24) is 10.6 Å². The van der Waals surface area contributed by atoms with E-state index in [1.165, 1.54) is 25.2 Å². The van der Waals surface area contributed by atoms with Gasteiger partial charge in [0.05, 0.1) is 28.8 Å². The molecule has 9 heteroatoms. The fraction of sp³-hybridized carbons (Fsp3) is 0.222. The van der Waals surface area contributed by atoms with E-state index in [1.807, 2.05) is 0 Å². The maximum atomic E-state index is 14.4.